The molecule has 1 amide bonds. The van der Waals surface area contributed by atoms with E-state index in [4.69, 9.17) is 23.2 Å². The van der Waals surface area contributed by atoms with E-state index in [2.05, 4.69) is 19.8 Å². The Hall–Kier alpha value is -1.70. The number of hydrogen-bond donors (Lipinski definition) is 0. The molecule has 9 heteroatoms. The first kappa shape index (κ1) is 20.6. The maximum absolute atomic E-state index is 12.7. The summed E-state index contributed by atoms with van der Waals surface area (Å²) < 4.78 is 0. The van der Waals surface area contributed by atoms with Gasteiger partial charge in [0.25, 0.3) is 0 Å². The molecule has 0 saturated carbocycles. The molecule has 0 aliphatic carbocycles. The van der Waals surface area contributed by atoms with Crippen LogP contribution in [0, 0.1) is 0 Å². The van der Waals surface area contributed by atoms with Crippen LogP contribution in [-0.2, 0) is 4.79 Å². The molecule has 0 bridgehead atoms. The van der Waals surface area contributed by atoms with Crippen LogP contribution in [0.2, 0.25) is 10.2 Å². The van der Waals surface area contributed by atoms with Gasteiger partial charge in [0.15, 0.2) is 5.16 Å². The van der Waals surface area contributed by atoms with Crippen molar-refractivity contribution >= 4 is 52.4 Å². The number of aromatic nitrogens is 2. The summed E-state index contributed by atoms with van der Waals surface area (Å²) in [6.45, 7) is 4.89. The Balaban J connectivity index is 1.31. The molecule has 0 spiro atoms. The summed E-state index contributed by atoms with van der Waals surface area (Å²) in [5.41, 5.74) is 1.03. The Morgan fingerprint density at radius 1 is 0.966 bits per heavy atom. The highest BCUT2D eigenvalue weighted by molar-refractivity contribution is 7.99. The van der Waals surface area contributed by atoms with Crippen molar-refractivity contribution in [1.29, 1.82) is 0 Å². The largest absolute Gasteiger partial charge is 0.367 e. The molecule has 29 heavy (non-hydrogen) atoms. The molecule has 1 aromatic carbocycles. The van der Waals surface area contributed by atoms with Crippen LogP contribution in [0.15, 0.2) is 35.5 Å². The molecule has 0 atom stereocenters. The Labute approximate surface area is 185 Å². The van der Waals surface area contributed by atoms with Crippen molar-refractivity contribution < 1.29 is 4.79 Å². The van der Waals surface area contributed by atoms with Crippen LogP contribution >= 0.6 is 35.0 Å². The summed E-state index contributed by atoms with van der Waals surface area (Å²) >= 11 is 13.8. The fourth-order valence-electron chi connectivity index (χ4n) is 3.68. The zero-order valence-corrected chi connectivity index (χ0v) is 18.4. The molecule has 2 fully saturated rings. The van der Waals surface area contributed by atoms with Gasteiger partial charge in [-0.1, -0.05) is 47.1 Å². The lowest BCUT2D eigenvalue weighted by Crippen LogP contribution is -2.49. The van der Waals surface area contributed by atoms with Gasteiger partial charge in [-0.3, -0.25) is 4.79 Å². The summed E-state index contributed by atoms with van der Waals surface area (Å²) in [4.78, 5) is 27.9. The number of rotatable bonds is 5. The maximum Gasteiger partial charge on any atom is 0.233 e. The normalized spacial score (nSPS) is 17.1. The Bertz CT molecular complexity index is 870. The van der Waals surface area contributed by atoms with E-state index < -0.39 is 0 Å². The Morgan fingerprint density at radius 2 is 1.69 bits per heavy atom. The first-order valence-corrected chi connectivity index (χ1v) is 11.5. The molecule has 2 aliphatic rings. The number of anilines is 2. The van der Waals surface area contributed by atoms with Crippen molar-refractivity contribution in [2.45, 2.75) is 18.0 Å². The second kappa shape index (κ2) is 9.41. The summed E-state index contributed by atoms with van der Waals surface area (Å²) in [6.07, 6.45) is 2.34. The van der Waals surface area contributed by atoms with Crippen molar-refractivity contribution in [2.75, 3.05) is 54.8 Å². The average Bonchev–Trinajstić information content (AvgIpc) is 3.27. The monoisotopic (exact) mass is 451 g/mol. The van der Waals surface area contributed by atoms with Crippen LogP contribution in [0.25, 0.3) is 0 Å². The second-order valence-electron chi connectivity index (χ2n) is 7.13. The highest BCUT2D eigenvalue weighted by atomic mass is 35.5. The summed E-state index contributed by atoms with van der Waals surface area (Å²) in [5, 5.41) is 1.72. The van der Waals surface area contributed by atoms with Crippen LogP contribution in [0.5, 0.6) is 0 Å². The predicted molar refractivity (Wildman–Crippen MR) is 119 cm³/mol. The molecule has 2 saturated heterocycles. The molecule has 1 aromatic heterocycles. The first-order valence-electron chi connectivity index (χ1n) is 9.80. The van der Waals surface area contributed by atoms with Gasteiger partial charge in [0.05, 0.1) is 16.5 Å². The maximum atomic E-state index is 12.7. The van der Waals surface area contributed by atoms with Gasteiger partial charge in [-0.05, 0) is 25.0 Å². The minimum atomic E-state index is 0.0973. The van der Waals surface area contributed by atoms with Crippen molar-refractivity contribution in [2.24, 2.45) is 0 Å². The van der Waals surface area contributed by atoms with Crippen molar-refractivity contribution in [3.8, 4) is 0 Å². The average molecular weight is 452 g/mol. The van der Waals surface area contributed by atoms with Crippen LogP contribution < -0.4 is 9.80 Å². The van der Waals surface area contributed by atoms with E-state index in [9.17, 15) is 4.79 Å². The van der Waals surface area contributed by atoms with Gasteiger partial charge in [-0.15, -0.1) is 0 Å². The van der Waals surface area contributed by atoms with Crippen LogP contribution in [0.3, 0.4) is 0 Å². The fourth-order valence-corrected chi connectivity index (χ4v) is 4.92. The van der Waals surface area contributed by atoms with E-state index >= 15 is 0 Å². The zero-order valence-electron chi connectivity index (χ0n) is 16.1. The van der Waals surface area contributed by atoms with E-state index in [0.717, 1.165) is 42.7 Å². The quantitative estimate of drug-likeness (QED) is 0.391. The minimum Gasteiger partial charge on any atom is -0.367 e. The highest BCUT2D eigenvalue weighted by Crippen LogP contribution is 2.27. The second-order valence-corrected chi connectivity index (χ2v) is 8.87. The molecule has 3 heterocycles. The molecule has 0 radical (unpaired) electrons. The molecule has 0 unspecified atom stereocenters. The summed E-state index contributed by atoms with van der Waals surface area (Å²) in [7, 11) is 0. The SMILES string of the molecule is O=C(CSc1nc(Cl)cc(N2CCCC2)n1)N1CCN(c2ccccc2Cl)CC1. The first-order chi connectivity index (χ1) is 14.1. The van der Waals surface area contributed by atoms with Gasteiger partial charge in [0, 0.05) is 45.3 Å². The van der Waals surface area contributed by atoms with Gasteiger partial charge in [-0.25, -0.2) is 9.97 Å². The molecule has 4 rings (SSSR count). The van der Waals surface area contributed by atoms with Gasteiger partial charge in [-0.2, -0.15) is 0 Å². The third-order valence-corrected chi connectivity index (χ3v) is 6.59. The number of carbonyl (C=O) groups excluding carboxylic acids is 1. The van der Waals surface area contributed by atoms with Gasteiger partial charge >= 0.3 is 0 Å². The van der Waals surface area contributed by atoms with Crippen LogP contribution in [-0.4, -0.2) is 65.8 Å². The van der Waals surface area contributed by atoms with E-state index in [-0.39, 0.29) is 5.91 Å². The van der Waals surface area contributed by atoms with Gasteiger partial charge < -0.3 is 14.7 Å². The summed E-state index contributed by atoms with van der Waals surface area (Å²) in [6, 6.07) is 9.62. The smallest absolute Gasteiger partial charge is 0.233 e. The highest BCUT2D eigenvalue weighted by Gasteiger charge is 2.23. The van der Waals surface area contributed by atoms with Crippen molar-refractivity contribution in [3.05, 3.63) is 40.5 Å². The Kier molecular flexibility index (Phi) is 6.67. The van der Waals surface area contributed by atoms with E-state index in [1.54, 1.807) is 6.07 Å². The lowest BCUT2D eigenvalue weighted by molar-refractivity contribution is -0.128. The summed E-state index contributed by atoms with van der Waals surface area (Å²) in [5.74, 6) is 1.26. The number of halogens is 2. The molecule has 2 aliphatic heterocycles. The van der Waals surface area contributed by atoms with Crippen molar-refractivity contribution in [3.63, 3.8) is 0 Å². The topological polar surface area (TPSA) is 52.6 Å². The number of thioether (sulfide) groups is 1. The molecule has 0 N–H and O–H groups in total. The number of amides is 1. The standard InChI is InChI=1S/C20H23Cl2N5OS/c21-15-5-1-2-6-16(15)25-9-11-27(12-10-25)19(28)14-29-20-23-17(22)13-18(24-20)26-7-3-4-8-26/h1-2,5-6,13H,3-4,7-12,14H2. The molecule has 154 valence electrons. The number of hydrogen-bond acceptors (Lipinski definition) is 6. The van der Waals surface area contributed by atoms with Crippen molar-refractivity contribution in [1.82, 2.24) is 14.9 Å². The van der Waals surface area contributed by atoms with Crippen LogP contribution in [0.1, 0.15) is 12.8 Å². The van der Waals surface area contributed by atoms with Gasteiger partial charge in [0.2, 0.25) is 5.91 Å². The van der Waals surface area contributed by atoms with E-state index in [1.807, 2.05) is 29.2 Å². The Morgan fingerprint density at radius 3 is 2.41 bits per heavy atom. The van der Waals surface area contributed by atoms with Gasteiger partial charge in [0.1, 0.15) is 11.0 Å². The fraction of sp³-hybridized carbons (Fsp3) is 0.450. The number of benzene rings is 1. The van der Waals surface area contributed by atoms with Crippen LogP contribution in [0.4, 0.5) is 11.5 Å². The number of piperazine rings is 1. The molecule has 2 aromatic rings. The molecular formula is C20H23Cl2N5OS. The van der Waals surface area contributed by atoms with E-state index in [0.29, 0.717) is 29.2 Å². The third kappa shape index (κ3) is 5.08. The number of nitrogens with zero attached hydrogens (tertiary/aromatic N) is 5. The third-order valence-electron chi connectivity index (χ3n) is 5.24. The lowest BCUT2D eigenvalue weighted by Gasteiger charge is -2.36. The number of carbonyl (C=O) groups is 1. The molecular weight excluding hydrogens is 429 g/mol. The van der Waals surface area contributed by atoms with E-state index in [1.165, 1.54) is 24.6 Å². The minimum absolute atomic E-state index is 0.0973. The lowest BCUT2D eigenvalue weighted by atomic mass is 10.2. The molecule has 6 nitrogen and oxygen atoms in total. The number of para-hydroxylation sites is 1. The zero-order chi connectivity index (χ0) is 20.2. The predicted octanol–water partition coefficient (Wildman–Crippen LogP) is 3.82.